The average Bonchev–Trinajstić information content (AvgIpc) is 3.65. The highest BCUT2D eigenvalue weighted by Gasteiger charge is 2.31. The Bertz CT molecular complexity index is 1540. The van der Waals surface area contributed by atoms with Gasteiger partial charge in [-0.2, -0.15) is 13.2 Å². The van der Waals surface area contributed by atoms with E-state index < -0.39 is 21.6 Å². The van der Waals surface area contributed by atoms with Crippen molar-refractivity contribution in [3.63, 3.8) is 0 Å². The molecule has 1 aliphatic carbocycles. The van der Waals surface area contributed by atoms with Crippen LogP contribution in [0.15, 0.2) is 66.0 Å². The molecule has 36 heavy (non-hydrogen) atoms. The van der Waals surface area contributed by atoms with E-state index in [2.05, 4.69) is 27.1 Å². The van der Waals surface area contributed by atoms with Gasteiger partial charge in [0.15, 0.2) is 15.7 Å². The molecule has 0 saturated heterocycles. The second-order valence-corrected chi connectivity index (χ2v) is 11.1. The van der Waals surface area contributed by atoms with E-state index in [4.69, 9.17) is 0 Å². The lowest BCUT2D eigenvalue weighted by molar-refractivity contribution is -0.137. The van der Waals surface area contributed by atoms with E-state index in [1.54, 1.807) is 30.8 Å². The third-order valence-electron chi connectivity index (χ3n) is 6.30. The molecule has 0 bridgehead atoms. The fourth-order valence-electron chi connectivity index (χ4n) is 4.08. The van der Waals surface area contributed by atoms with Gasteiger partial charge in [0.25, 0.3) is 0 Å². The van der Waals surface area contributed by atoms with Crippen molar-refractivity contribution in [1.29, 1.82) is 0 Å². The van der Waals surface area contributed by atoms with Crippen LogP contribution in [-0.4, -0.2) is 33.7 Å². The zero-order valence-electron chi connectivity index (χ0n) is 19.6. The number of sulfone groups is 1. The summed E-state index contributed by atoms with van der Waals surface area (Å²) < 4.78 is 67.2. The summed E-state index contributed by atoms with van der Waals surface area (Å²) in [5, 5.41) is 0. The second-order valence-electron chi connectivity index (χ2n) is 8.86. The molecule has 0 atom stereocenters. The molecule has 0 radical (unpaired) electrons. The Balaban J connectivity index is 1.58. The topological polar surface area (TPSA) is 77.7 Å². The summed E-state index contributed by atoms with van der Waals surface area (Å²) in [6.45, 7) is 1.55. The summed E-state index contributed by atoms with van der Waals surface area (Å²) in [6, 6.07) is 11.4. The zero-order valence-corrected chi connectivity index (χ0v) is 20.4. The zero-order chi connectivity index (χ0) is 25.7. The van der Waals surface area contributed by atoms with Crippen LogP contribution in [0.2, 0.25) is 0 Å². The molecule has 1 saturated carbocycles. The standard InChI is InChI=1S/C26H23F3N4O2S/c1-3-36(34,35)23-12-19(18-8-6-17(7-9-18)16-4-5-16)14-31-24(23)25-32-22(15-33(25)2)21-13-20(10-11-30-21)26(27,28)29/h6-16H,3-5H2,1-2H3. The number of rotatable bonds is 6. The van der Waals surface area contributed by atoms with Crippen LogP contribution in [0.3, 0.4) is 0 Å². The highest BCUT2D eigenvalue weighted by atomic mass is 32.2. The highest BCUT2D eigenvalue weighted by molar-refractivity contribution is 7.91. The molecular weight excluding hydrogens is 489 g/mol. The van der Waals surface area contributed by atoms with Crippen LogP contribution in [0.5, 0.6) is 0 Å². The third kappa shape index (κ3) is 4.65. The minimum absolute atomic E-state index is 0.0195. The Morgan fingerprint density at radius 2 is 1.72 bits per heavy atom. The Hall–Kier alpha value is -3.53. The van der Waals surface area contributed by atoms with Crippen molar-refractivity contribution in [2.75, 3.05) is 5.75 Å². The van der Waals surface area contributed by atoms with E-state index in [1.807, 2.05) is 12.1 Å². The van der Waals surface area contributed by atoms with Gasteiger partial charge in [-0.1, -0.05) is 31.2 Å². The third-order valence-corrected chi connectivity index (χ3v) is 8.04. The largest absolute Gasteiger partial charge is 0.416 e. The van der Waals surface area contributed by atoms with Gasteiger partial charge >= 0.3 is 6.18 Å². The van der Waals surface area contributed by atoms with Crippen molar-refractivity contribution in [1.82, 2.24) is 19.5 Å². The highest BCUT2D eigenvalue weighted by Crippen LogP contribution is 2.41. The summed E-state index contributed by atoms with van der Waals surface area (Å²) >= 11 is 0. The summed E-state index contributed by atoms with van der Waals surface area (Å²) in [4.78, 5) is 12.9. The summed E-state index contributed by atoms with van der Waals surface area (Å²) in [5.74, 6) is 0.685. The first-order chi connectivity index (χ1) is 17.1. The first-order valence-corrected chi connectivity index (χ1v) is 13.1. The number of halogens is 3. The lowest BCUT2D eigenvalue weighted by Crippen LogP contribution is -2.09. The number of imidazole rings is 1. The van der Waals surface area contributed by atoms with Crippen molar-refractivity contribution in [3.8, 4) is 34.0 Å². The lowest BCUT2D eigenvalue weighted by atomic mass is 10.0. The van der Waals surface area contributed by atoms with E-state index in [-0.39, 0.29) is 33.6 Å². The number of aryl methyl sites for hydroxylation is 1. The molecule has 1 aliphatic rings. The van der Waals surface area contributed by atoms with Crippen molar-refractivity contribution in [2.45, 2.75) is 36.8 Å². The van der Waals surface area contributed by atoms with Gasteiger partial charge in [-0.3, -0.25) is 9.97 Å². The van der Waals surface area contributed by atoms with Crippen LogP contribution < -0.4 is 0 Å². The smallest absolute Gasteiger partial charge is 0.332 e. The quantitative estimate of drug-likeness (QED) is 0.321. The van der Waals surface area contributed by atoms with E-state index in [0.29, 0.717) is 11.5 Å². The van der Waals surface area contributed by atoms with Gasteiger partial charge in [-0.05, 0) is 48.1 Å². The van der Waals surface area contributed by atoms with Crippen LogP contribution in [0.4, 0.5) is 13.2 Å². The first-order valence-electron chi connectivity index (χ1n) is 11.5. The minimum Gasteiger partial charge on any atom is -0.332 e. The average molecular weight is 513 g/mol. The first kappa shape index (κ1) is 24.2. The van der Waals surface area contributed by atoms with Crippen LogP contribution in [0, 0.1) is 0 Å². The fourth-order valence-corrected chi connectivity index (χ4v) is 5.14. The number of alkyl halides is 3. The number of benzene rings is 1. The van der Waals surface area contributed by atoms with E-state index in [9.17, 15) is 21.6 Å². The van der Waals surface area contributed by atoms with Crippen molar-refractivity contribution < 1.29 is 21.6 Å². The summed E-state index contributed by atoms with van der Waals surface area (Å²) in [6.07, 6.45) is 2.03. The number of hydrogen-bond donors (Lipinski definition) is 0. The van der Waals surface area contributed by atoms with Crippen LogP contribution in [0.1, 0.15) is 36.8 Å². The molecule has 3 aromatic heterocycles. The maximum Gasteiger partial charge on any atom is 0.416 e. The van der Waals surface area contributed by atoms with Gasteiger partial charge in [-0.25, -0.2) is 13.4 Å². The van der Waals surface area contributed by atoms with Crippen LogP contribution in [-0.2, 0) is 23.1 Å². The van der Waals surface area contributed by atoms with E-state index in [1.165, 1.54) is 24.6 Å². The Morgan fingerprint density at radius 3 is 2.36 bits per heavy atom. The summed E-state index contributed by atoms with van der Waals surface area (Å²) in [7, 11) is -2.06. The summed E-state index contributed by atoms with van der Waals surface area (Å²) in [5.41, 5.74) is 2.27. The molecule has 3 heterocycles. The number of pyridine rings is 2. The molecule has 5 rings (SSSR count). The van der Waals surface area contributed by atoms with E-state index >= 15 is 0 Å². The van der Waals surface area contributed by atoms with Gasteiger partial charge in [0.1, 0.15) is 11.4 Å². The predicted molar refractivity (Wildman–Crippen MR) is 130 cm³/mol. The number of aromatic nitrogens is 4. The molecule has 0 unspecified atom stereocenters. The minimum atomic E-state index is -4.52. The van der Waals surface area contributed by atoms with Gasteiger partial charge in [0, 0.05) is 31.2 Å². The van der Waals surface area contributed by atoms with Gasteiger partial charge in [0.2, 0.25) is 0 Å². The van der Waals surface area contributed by atoms with Crippen molar-refractivity contribution >= 4 is 9.84 Å². The molecule has 1 aromatic carbocycles. The molecule has 10 heteroatoms. The number of nitrogens with zero attached hydrogens (tertiary/aromatic N) is 4. The monoisotopic (exact) mass is 512 g/mol. The molecule has 186 valence electrons. The number of hydrogen-bond acceptors (Lipinski definition) is 5. The second kappa shape index (κ2) is 8.85. The molecule has 4 aromatic rings. The van der Waals surface area contributed by atoms with Gasteiger partial charge in [-0.15, -0.1) is 0 Å². The molecule has 6 nitrogen and oxygen atoms in total. The Kier molecular flexibility index (Phi) is 5.94. The van der Waals surface area contributed by atoms with Crippen LogP contribution in [0.25, 0.3) is 34.0 Å². The van der Waals surface area contributed by atoms with Crippen LogP contribution >= 0.6 is 0 Å². The van der Waals surface area contributed by atoms with Crippen molar-refractivity contribution in [2.24, 2.45) is 7.05 Å². The molecule has 0 amide bonds. The van der Waals surface area contributed by atoms with Gasteiger partial charge < -0.3 is 4.57 Å². The predicted octanol–water partition coefficient (Wildman–Crippen LogP) is 5.90. The Labute approximate surface area is 206 Å². The van der Waals surface area contributed by atoms with Crippen molar-refractivity contribution in [3.05, 3.63) is 72.2 Å². The molecule has 0 spiro atoms. The maximum atomic E-state index is 13.2. The molecular formula is C26H23F3N4O2S. The van der Waals surface area contributed by atoms with E-state index in [0.717, 1.165) is 23.9 Å². The Morgan fingerprint density at radius 1 is 1.00 bits per heavy atom. The molecule has 1 fully saturated rings. The SMILES string of the molecule is CCS(=O)(=O)c1cc(-c2ccc(C3CC3)cc2)cnc1-c1nc(-c2cc(C(F)(F)F)ccn2)cn1C. The maximum absolute atomic E-state index is 13.2. The molecule has 0 N–H and O–H groups in total. The molecule has 0 aliphatic heterocycles. The normalized spacial score (nSPS) is 14.2. The fraction of sp³-hybridized carbons (Fsp3) is 0.269. The lowest BCUT2D eigenvalue weighted by Gasteiger charge is -2.11. The van der Waals surface area contributed by atoms with Gasteiger partial charge in [0.05, 0.1) is 21.9 Å².